The highest BCUT2D eigenvalue weighted by atomic mass is 16.5. The van der Waals surface area contributed by atoms with Crippen LogP contribution < -0.4 is 11.0 Å². The first-order valence-corrected chi connectivity index (χ1v) is 9.12. The molecule has 0 aliphatic carbocycles. The number of fused-ring (bicyclic) bond motifs is 2. The van der Waals surface area contributed by atoms with Crippen molar-refractivity contribution in [1.29, 1.82) is 5.26 Å². The molecule has 0 N–H and O–H groups in total. The molecule has 1 amide bonds. The summed E-state index contributed by atoms with van der Waals surface area (Å²) in [6, 6.07) is 7.18. The zero-order chi connectivity index (χ0) is 19.8. The van der Waals surface area contributed by atoms with Crippen molar-refractivity contribution < 1.29 is 9.53 Å². The monoisotopic (exact) mass is 377 g/mol. The van der Waals surface area contributed by atoms with Gasteiger partial charge in [-0.2, -0.15) is 10.3 Å². The predicted octanol–water partition coefficient (Wildman–Crippen LogP) is 1.46. The number of ether oxygens (including phenoxy) is 1. The summed E-state index contributed by atoms with van der Waals surface area (Å²) < 4.78 is 8.89. The summed E-state index contributed by atoms with van der Waals surface area (Å²) in [4.78, 5) is 33.6. The number of carbonyl (C=O) groups excluding carboxylic acids is 1. The molecule has 0 bridgehead atoms. The predicted molar refractivity (Wildman–Crippen MR) is 102 cm³/mol. The van der Waals surface area contributed by atoms with Crippen LogP contribution in [0.25, 0.3) is 16.7 Å². The molecule has 3 aromatic rings. The van der Waals surface area contributed by atoms with E-state index < -0.39 is 5.91 Å². The number of pyridine rings is 2. The normalized spacial score (nSPS) is 17.3. The van der Waals surface area contributed by atoms with Crippen LogP contribution in [0.3, 0.4) is 0 Å². The number of hydrogen-bond acceptors (Lipinski definition) is 5. The van der Waals surface area contributed by atoms with Crippen molar-refractivity contribution in [3.05, 3.63) is 51.4 Å². The molecule has 0 radical (unpaired) electrons. The lowest BCUT2D eigenvalue weighted by Crippen LogP contribution is -2.32. The third-order valence-electron chi connectivity index (χ3n) is 4.90. The molecule has 1 aliphatic heterocycles. The molecular weight excluding hydrogens is 358 g/mol. The largest absolute Gasteiger partial charge is 0.376 e. The molecule has 4 rings (SSSR count). The number of nitriles is 1. The smallest absolute Gasteiger partial charge is 0.267 e. The summed E-state index contributed by atoms with van der Waals surface area (Å²) in [7, 11) is 0. The van der Waals surface area contributed by atoms with E-state index >= 15 is 0 Å². The Morgan fingerprint density at radius 2 is 2.29 bits per heavy atom. The second-order valence-electron chi connectivity index (χ2n) is 6.91. The van der Waals surface area contributed by atoms with Gasteiger partial charge in [0.1, 0.15) is 17.4 Å². The molecule has 4 heterocycles. The molecule has 8 heteroatoms. The van der Waals surface area contributed by atoms with Crippen LogP contribution in [0.2, 0.25) is 0 Å². The molecule has 1 atom stereocenters. The lowest BCUT2D eigenvalue weighted by atomic mass is 10.2. The minimum atomic E-state index is -0.425. The van der Waals surface area contributed by atoms with Gasteiger partial charge in [-0.25, -0.2) is 4.98 Å². The molecule has 1 aliphatic rings. The topological polar surface area (TPSA) is 102 Å². The first-order chi connectivity index (χ1) is 13.5. The van der Waals surface area contributed by atoms with Gasteiger partial charge in [0.25, 0.3) is 5.56 Å². The fourth-order valence-corrected chi connectivity index (χ4v) is 3.60. The quantitative estimate of drug-likeness (QED) is 0.629. The Morgan fingerprint density at radius 1 is 1.46 bits per heavy atom. The third kappa shape index (κ3) is 3.00. The fourth-order valence-electron chi connectivity index (χ4n) is 3.60. The number of hydrogen-bond donors (Lipinski definition) is 0. The van der Waals surface area contributed by atoms with Gasteiger partial charge in [0.15, 0.2) is 5.49 Å². The molecule has 0 spiro atoms. The van der Waals surface area contributed by atoms with E-state index in [-0.39, 0.29) is 22.7 Å². The van der Waals surface area contributed by atoms with E-state index in [1.165, 1.54) is 17.4 Å². The van der Waals surface area contributed by atoms with Crippen LogP contribution in [0.15, 0.2) is 34.2 Å². The standard InChI is InChI=1S/C20H19N5O3/c1-12-5-3-7-24-17(12)23-19-16(20(24)27)9-14(10-21)18(22-13(2)26)25(19)11-15-6-4-8-28-15/h3,5,7,9,15H,4,6,8,11H2,1-2H3/t15-/m0/s1. The van der Waals surface area contributed by atoms with Gasteiger partial charge in [0.05, 0.1) is 23.6 Å². The summed E-state index contributed by atoms with van der Waals surface area (Å²) in [6.07, 6.45) is 3.37. The van der Waals surface area contributed by atoms with Crippen LogP contribution in [0, 0.1) is 18.3 Å². The molecule has 0 unspecified atom stereocenters. The van der Waals surface area contributed by atoms with Gasteiger partial charge in [-0.15, -0.1) is 0 Å². The average Bonchev–Trinajstić information content (AvgIpc) is 3.17. The number of carbonyl (C=O) groups is 1. The number of aromatic nitrogens is 3. The second-order valence-corrected chi connectivity index (χ2v) is 6.91. The summed E-state index contributed by atoms with van der Waals surface area (Å²) >= 11 is 0. The maximum Gasteiger partial charge on any atom is 0.267 e. The molecule has 142 valence electrons. The number of rotatable bonds is 2. The Bertz CT molecular complexity index is 1270. The van der Waals surface area contributed by atoms with Gasteiger partial charge in [0.2, 0.25) is 5.91 Å². The van der Waals surface area contributed by atoms with Crippen molar-refractivity contribution >= 4 is 22.6 Å². The van der Waals surface area contributed by atoms with Gasteiger partial charge in [0, 0.05) is 19.7 Å². The Labute approximate surface area is 160 Å². The summed E-state index contributed by atoms with van der Waals surface area (Å²) in [5.74, 6) is -0.425. The summed E-state index contributed by atoms with van der Waals surface area (Å²) in [6.45, 7) is 4.24. The number of nitrogens with zero attached hydrogens (tertiary/aromatic N) is 5. The molecule has 0 saturated carbocycles. The van der Waals surface area contributed by atoms with Gasteiger partial charge in [-0.05, 0) is 37.5 Å². The third-order valence-corrected chi connectivity index (χ3v) is 4.90. The van der Waals surface area contributed by atoms with E-state index in [2.05, 4.69) is 11.1 Å². The SMILES string of the molecule is CC(=O)N=c1c(C#N)cc2c(=O)n3cccc(C)c3nc2n1C[C@@H]1CCCO1. The molecule has 1 saturated heterocycles. The molecule has 28 heavy (non-hydrogen) atoms. The van der Waals surface area contributed by atoms with Gasteiger partial charge < -0.3 is 9.30 Å². The van der Waals surface area contributed by atoms with Gasteiger partial charge >= 0.3 is 0 Å². The zero-order valence-electron chi connectivity index (χ0n) is 15.7. The Hall–Kier alpha value is -3.31. The highest BCUT2D eigenvalue weighted by Gasteiger charge is 2.21. The fraction of sp³-hybridized carbons (Fsp3) is 0.350. The summed E-state index contributed by atoms with van der Waals surface area (Å²) in [5.41, 5.74) is 1.87. The minimum absolute atomic E-state index is 0.0832. The van der Waals surface area contributed by atoms with Crippen LogP contribution >= 0.6 is 0 Å². The van der Waals surface area contributed by atoms with Crippen molar-refractivity contribution in [3.63, 3.8) is 0 Å². The highest BCUT2D eigenvalue weighted by Crippen LogP contribution is 2.17. The van der Waals surface area contributed by atoms with E-state index in [0.717, 1.165) is 18.4 Å². The summed E-state index contributed by atoms with van der Waals surface area (Å²) in [5, 5.41) is 9.93. The first-order valence-electron chi connectivity index (χ1n) is 9.12. The van der Waals surface area contributed by atoms with E-state index in [1.807, 2.05) is 13.0 Å². The maximum atomic E-state index is 13.1. The van der Waals surface area contributed by atoms with E-state index in [1.54, 1.807) is 16.8 Å². The van der Waals surface area contributed by atoms with Crippen LogP contribution in [-0.4, -0.2) is 32.6 Å². The lowest BCUT2D eigenvalue weighted by molar-refractivity contribution is -0.116. The van der Waals surface area contributed by atoms with Crippen molar-refractivity contribution in [2.75, 3.05) is 6.61 Å². The average molecular weight is 377 g/mol. The number of amides is 1. The van der Waals surface area contributed by atoms with Crippen LogP contribution in [0.4, 0.5) is 0 Å². The van der Waals surface area contributed by atoms with E-state index in [9.17, 15) is 14.9 Å². The first kappa shape index (κ1) is 18.1. The van der Waals surface area contributed by atoms with Crippen LogP contribution in [0.5, 0.6) is 0 Å². The second kappa shape index (κ2) is 7.02. The molecule has 3 aromatic heterocycles. The van der Waals surface area contributed by atoms with Crippen molar-refractivity contribution in [3.8, 4) is 6.07 Å². The van der Waals surface area contributed by atoms with Gasteiger partial charge in [-0.1, -0.05) is 6.07 Å². The molecule has 0 aromatic carbocycles. The van der Waals surface area contributed by atoms with E-state index in [0.29, 0.717) is 29.8 Å². The van der Waals surface area contributed by atoms with Crippen molar-refractivity contribution in [1.82, 2.24) is 14.0 Å². The molecule has 1 fully saturated rings. The Morgan fingerprint density at radius 3 is 2.96 bits per heavy atom. The minimum Gasteiger partial charge on any atom is -0.376 e. The zero-order valence-corrected chi connectivity index (χ0v) is 15.7. The maximum absolute atomic E-state index is 13.1. The Kier molecular flexibility index (Phi) is 4.53. The highest BCUT2D eigenvalue weighted by molar-refractivity contribution is 5.79. The lowest BCUT2D eigenvalue weighted by Gasteiger charge is -2.17. The molecular formula is C20H19N5O3. The van der Waals surface area contributed by atoms with Crippen molar-refractivity contribution in [2.24, 2.45) is 4.99 Å². The van der Waals surface area contributed by atoms with Crippen LogP contribution in [0.1, 0.15) is 30.9 Å². The Balaban J connectivity index is 2.16. The van der Waals surface area contributed by atoms with E-state index in [4.69, 9.17) is 9.72 Å². The van der Waals surface area contributed by atoms with Crippen LogP contribution in [-0.2, 0) is 16.1 Å². The number of aryl methyl sites for hydroxylation is 1. The molecule has 8 nitrogen and oxygen atoms in total. The van der Waals surface area contributed by atoms with Crippen molar-refractivity contribution in [2.45, 2.75) is 39.3 Å². The van der Waals surface area contributed by atoms with Gasteiger partial charge in [-0.3, -0.25) is 14.0 Å².